The maximum absolute atomic E-state index is 12.9. The molecule has 0 fully saturated rings. The molecule has 474 valence electrons. The van der Waals surface area contributed by atoms with Gasteiger partial charge < -0.3 is 14.2 Å². The molecular formula is C77H130O6. The maximum Gasteiger partial charge on any atom is 0.309 e. The first kappa shape index (κ1) is 78.8. The fourth-order valence-corrected chi connectivity index (χ4v) is 9.84. The van der Waals surface area contributed by atoms with E-state index in [9.17, 15) is 14.4 Å². The number of hydrogen-bond donors (Lipinski definition) is 0. The zero-order valence-electron chi connectivity index (χ0n) is 54.4. The summed E-state index contributed by atoms with van der Waals surface area (Å²) in [7, 11) is 0. The van der Waals surface area contributed by atoms with E-state index >= 15 is 0 Å². The number of unbranched alkanes of at least 4 members (excludes halogenated alkanes) is 33. The maximum atomic E-state index is 12.9. The molecule has 0 aliphatic heterocycles. The van der Waals surface area contributed by atoms with Crippen LogP contribution in [-0.4, -0.2) is 37.2 Å². The van der Waals surface area contributed by atoms with Crippen LogP contribution in [0.1, 0.15) is 329 Å². The monoisotopic (exact) mass is 1150 g/mol. The second kappa shape index (κ2) is 70.3. The molecule has 0 aliphatic carbocycles. The van der Waals surface area contributed by atoms with Crippen LogP contribution in [0.3, 0.4) is 0 Å². The number of ether oxygens (including phenoxy) is 3. The lowest BCUT2D eigenvalue weighted by molar-refractivity contribution is -0.166. The van der Waals surface area contributed by atoms with Gasteiger partial charge in [0.25, 0.3) is 0 Å². The summed E-state index contributed by atoms with van der Waals surface area (Å²) in [6.45, 7) is 6.35. The smallest absolute Gasteiger partial charge is 0.309 e. The molecule has 0 aromatic heterocycles. The summed E-state index contributed by atoms with van der Waals surface area (Å²) < 4.78 is 16.9. The van der Waals surface area contributed by atoms with Crippen molar-refractivity contribution >= 4 is 17.9 Å². The van der Waals surface area contributed by atoms with E-state index in [1.54, 1.807) is 6.08 Å². The third-order valence-corrected chi connectivity index (χ3v) is 15.0. The first-order chi connectivity index (χ1) is 41.0. The molecule has 0 spiro atoms. The molecule has 0 aliphatic rings. The highest BCUT2D eigenvalue weighted by molar-refractivity contribution is 5.72. The van der Waals surface area contributed by atoms with Gasteiger partial charge in [-0.05, 0) is 89.9 Å². The molecule has 0 radical (unpaired) electrons. The van der Waals surface area contributed by atoms with Crippen LogP contribution in [0.4, 0.5) is 0 Å². The summed E-state index contributed by atoms with van der Waals surface area (Å²) in [4.78, 5) is 38.4. The van der Waals surface area contributed by atoms with Gasteiger partial charge in [0.05, 0.1) is 6.42 Å². The van der Waals surface area contributed by atoms with Gasteiger partial charge >= 0.3 is 17.9 Å². The van der Waals surface area contributed by atoms with Crippen molar-refractivity contribution in [2.45, 2.75) is 335 Å². The van der Waals surface area contributed by atoms with Gasteiger partial charge in [-0.25, -0.2) is 0 Å². The molecule has 0 rings (SSSR count). The van der Waals surface area contributed by atoms with E-state index < -0.39 is 12.1 Å². The average molecular weight is 1150 g/mol. The normalized spacial score (nSPS) is 12.9. The van der Waals surface area contributed by atoms with Crippen LogP contribution in [0.2, 0.25) is 0 Å². The summed E-state index contributed by atoms with van der Waals surface area (Å²) in [6, 6.07) is 0. The highest BCUT2D eigenvalue weighted by Gasteiger charge is 2.19. The van der Waals surface area contributed by atoms with Gasteiger partial charge in [-0.2, -0.15) is 0 Å². The summed E-state index contributed by atoms with van der Waals surface area (Å²) in [6.07, 6.45) is 98.3. The average Bonchev–Trinajstić information content (AvgIpc) is 3.49. The largest absolute Gasteiger partial charge is 0.462 e. The zero-order chi connectivity index (χ0) is 59.9. The molecule has 0 bridgehead atoms. The third kappa shape index (κ3) is 68.5. The Bertz CT molecular complexity index is 1700. The van der Waals surface area contributed by atoms with Crippen molar-refractivity contribution in [2.24, 2.45) is 0 Å². The first-order valence-electron chi connectivity index (χ1n) is 35.0. The summed E-state index contributed by atoms with van der Waals surface area (Å²) in [5.41, 5.74) is 0. The molecule has 0 heterocycles. The van der Waals surface area contributed by atoms with Gasteiger partial charge in [-0.1, -0.05) is 341 Å². The number of esters is 3. The van der Waals surface area contributed by atoms with Crippen LogP contribution < -0.4 is 0 Å². The van der Waals surface area contributed by atoms with E-state index in [-0.39, 0.29) is 31.6 Å². The number of hydrogen-bond acceptors (Lipinski definition) is 6. The van der Waals surface area contributed by atoms with Crippen LogP contribution in [-0.2, 0) is 28.6 Å². The minimum Gasteiger partial charge on any atom is -0.462 e. The lowest BCUT2D eigenvalue weighted by Gasteiger charge is -2.18. The topological polar surface area (TPSA) is 78.9 Å². The molecule has 1 atom stereocenters. The second-order valence-electron chi connectivity index (χ2n) is 23.1. The Kier molecular flexibility index (Phi) is 66.7. The molecule has 83 heavy (non-hydrogen) atoms. The number of rotatable bonds is 63. The first-order valence-corrected chi connectivity index (χ1v) is 35.0. The molecule has 0 saturated carbocycles. The van der Waals surface area contributed by atoms with Crippen molar-refractivity contribution < 1.29 is 28.6 Å². The van der Waals surface area contributed by atoms with E-state index in [4.69, 9.17) is 14.2 Å². The molecule has 0 amide bonds. The summed E-state index contributed by atoms with van der Waals surface area (Å²) in [5.74, 6) is -1.05. The van der Waals surface area contributed by atoms with Crippen molar-refractivity contribution in [1.29, 1.82) is 0 Å². The molecule has 0 aromatic rings. The SMILES string of the molecule is CC/C=C\C/C=C\C/C=C\C/C=C\C/C=C\CCCCCCCCCC(=O)OC(COC(=O)C/C=C\C/C=C\C/C=C\C/C=C\C/C=C\CC)COC(=O)CCCCCCCCCCCCCCCCCCCCCCCCCCCCC. The van der Waals surface area contributed by atoms with Gasteiger partial charge in [0.15, 0.2) is 6.10 Å². The molecule has 0 N–H and O–H groups in total. The van der Waals surface area contributed by atoms with Gasteiger partial charge in [0.1, 0.15) is 13.2 Å². The number of carbonyl (C=O) groups excluding carboxylic acids is 3. The minimum absolute atomic E-state index is 0.112. The highest BCUT2D eigenvalue weighted by atomic mass is 16.6. The van der Waals surface area contributed by atoms with E-state index in [2.05, 4.69) is 130 Å². The predicted molar refractivity (Wildman–Crippen MR) is 362 cm³/mol. The fraction of sp³-hybridized carbons (Fsp3) is 0.701. The Balaban J connectivity index is 4.37. The van der Waals surface area contributed by atoms with Gasteiger partial charge in [-0.15, -0.1) is 0 Å². The quantitative estimate of drug-likeness (QED) is 0.0261. The van der Waals surface area contributed by atoms with Gasteiger partial charge in [0.2, 0.25) is 0 Å². The lowest BCUT2D eigenvalue weighted by Crippen LogP contribution is -2.30. The number of carbonyl (C=O) groups is 3. The van der Waals surface area contributed by atoms with E-state index in [0.717, 1.165) is 116 Å². The standard InChI is InChI=1S/C77H130O6/c1-4-7-10-13-16-19-22-25-28-30-32-34-36-37-38-39-41-42-44-46-49-52-55-58-61-64-67-70-76(79)82-73-74(72-81-75(78)69-66-63-60-57-54-51-48-27-24-21-18-15-12-9-6-3)83-77(80)71-68-65-62-59-56-53-50-47-45-43-40-35-33-31-29-26-23-20-17-14-11-8-5-2/h8-9,11-12,17-18,20-21,26-27,29,33,35,43,45,48,54,57,63,66,74H,4-7,10,13-16,19,22-25,28,30-32,34,36-42,44,46-47,49-53,55-56,58-62,64-65,67-73H2,1-3H3/b11-8-,12-9-,20-17-,21-18-,29-26-,35-33-,45-43-,48-27-,57-54-,66-63-. The number of allylic oxidation sites excluding steroid dienone is 19. The Morgan fingerprint density at radius 1 is 0.265 bits per heavy atom. The summed E-state index contributed by atoms with van der Waals surface area (Å²) >= 11 is 0. The zero-order valence-corrected chi connectivity index (χ0v) is 54.4. The van der Waals surface area contributed by atoms with Crippen molar-refractivity contribution in [3.05, 3.63) is 122 Å². The molecule has 1 unspecified atom stereocenters. The highest BCUT2D eigenvalue weighted by Crippen LogP contribution is 2.18. The van der Waals surface area contributed by atoms with E-state index in [0.29, 0.717) is 12.8 Å². The van der Waals surface area contributed by atoms with Crippen molar-refractivity contribution in [2.75, 3.05) is 13.2 Å². The Morgan fingerprint density at radius 3 is 0.843 bits per heavy atom. The van der Waals surface area contributed by atoms with Crippen molar-refractivity contribution in [3.63, 3.8) is 0 Å². The second-order valence-corrected chi connectivity index (χ2v) is 23.1. The van der Waals surface area contributed by atoms with E-state index in [1.165, 1.54) is 173 Å². The molecular weight excluding hydrogens is 1020 g/mol. The third-order valence-electron chi connectivity index (χ3n) is 15.0. The Labute approximate surface area is 513 Å². The van der Waals surface area contributed by atoms with Crippen LogP contribution >= 0.6 is 0 Å². The van der Waals surface area contributed by atoms with Crippen LogP contribution in [0.5, 0.6) is 0 Å². The van der Waals surface area contributed by atoms with Crippen molar-refractivity contribution in [1.82, 2.24) is 0 Å². The summed E-state index contributed by atoms with van der Waals surface area (Å²) in [5, 5.41) is 0. The molecule has 0 aromatic carbocycles. The minimum atomic E-state index is -0.828. The fourth-order valence-electron chi connectivity index (χ4n) is 9.84. The molecule has 0 saturated heterocycles. The van der Waals surface area contributed by atoms with Crippen LogP contribution in [0, 0.1) is 0 Å². The lowest BCUT2D eigenvalue weighted by atomic mass is 10.0. The van der Waals surface area contributed by atoms with Crippen LogP contribution in [0.25, 0.3) is 0 Å². The van der Waals surface area contributed by atoms with Crippen LogP contribution in [0.15, 0.2) is 122 Å². The van der Waals surface area contributed by atoms with Gasteiger partial charge in [-0.3, -0.25) is 14.4 Å². The van der Waals surface area contributed by atoms with Crippen molar-refractivity contribution in [3.8, 4) is 0 Å². The van der Waals surface area contributed by atoms with Gasteiger partial charge in [0, 0.05) is 12.8 Å². The predicted octanol–water partition coefficient (Wildman–Crippen LogP) is 24.3. The molecule has 6 heteroatoms. The Hall–Kier alpha value is -4.19. The van der Waals surface area contributed by atoms with E-state index in [1.807, 2.05) is 6.08 Å². The Morgan fingerprint density at radius 2 is 0.518 bits per heavy atom. The molecule has 6 nitrogen and oxygen atoms in total.